The van der Waals surface area contributed by atoms with Gasteiger partial charge >= 0.3 is 0 Å². The molecular weight excluding hydrogens is 280 g/mol. The summed E-state index contributed by atoms with van der Waals surface area (Å²) in [4.78, 5) is 0. The van der Waals surface area contributed by atoms with E-state index in [1.807, 2.05) is 72.8 Å². The Balaban J connectivity index is -0.000000267. The second kappa shape index (κ2) is 25.2. The molecule has 0 bridgehead atoms. The van der Waals surface area contributed by atoms with Crippen LogP contribution >= 0.6 is 0 Å². The van der Waals surface area contributed by atoms with Crippen molar-refractivity contribution < 1.29 is 4.74 Å². The van der Waals surface area contributed by atoms with Crippen LogP contribution in [-0.2, 0) is 4.74 Å². The predicted octanol–water partition coefficient (Wildman–Crippen LogP) is 8.01. The third kappa shape index (κ3) is 18.2. The Morgan fingerprint density at radius 1 is 0.870 bits per heavy atom. The summed E-state index contributed by atoms with van der Waals surface area (Å²) in [6.07, 6.45) is 10.8. The number of rotatable bonds is 7. The normalized spacial score (nSPS) is 10.3. The van der Waals surface area contributed by atoms with E-state index >= 15 is 0 Å². The van der Waals surface area contributed by atoms with Gasteiger partial charge in [-0.25, -0.2) is 0 Å². The van der Waals surface area contributed by atoms with E-state index in [1.54, 1.807) is 12.2 Å². The van der Waals surface area contributed by atoms with Crippen LogP contribution in [0.15, 0.2) is 73.3 Å². The first-order valence-corrected chi connectivity index (χ1v) is 8.72. The van der Waals surface area contributed by atoms with E-state index < -0.39 is 0 Å². The Morgan fingerprint density at radius 3 is 1.61 bits per heavy atom. The molecule has 0 fully saturated rings. The van der Waals surface area contributed by atoms with Gasteiger partial charge < -0.3 is 4.74 Å². The fraction of sp³-hybridized carbons (Fsp3) is 0.455. The van der Waals surface area contributed by atoms with Crippen molar-refractivity contribution in [1.82, 2.24) is 0 Å². The Hall–Kier alpha value is -1.76. The summed E-state index contributed by atoms with van der Waals surface area (Å²) in [6.45, 7) is 29.5. The van der Waals surface area contributed by atoms with Crippen molar-refractivity contribution >= 4 is 0 Å². The molecule has 23 heavy (non-hydrogen) atoms. The van der Waals surface area contributed by atoms with Crippen LogP contribution in [0.1, 0.15) is 62.3 Å². The van der Waals surface area contributed by atoms with Gasteiger partial charge in [0.15, 0.2) is 0 Å². The van der Waals surface area contributed by atoms with Gasteiger partial charge in [-0.15, -0.1) is 0 Å². The zero-order valence-corrected chi connectivity index (χ0v) is 17.1. The van der Waals surface area contributed by atoms with Crippen molar-refractivity contribution in [1.29, 1.82) is 0 Å². The lowest BCUT2D eigenvalue weighted by Crippen LogP contribution is -2.00. The van der Waals surface area contributed by atoms with Crippen molar-refractivity contribution in [2.24, 2.45) is 5.92 Å². The zero-order valence-electron chi connectivity index (χ0n) is 17.1. The lowest BCUT2D eigenvalue weighted by atomic mass is 10.0. The highest BCUT2D eigenvalue weighted by atomic mass is 16.5. The number of allylic oxidation sites excluding steroid dienone is 7. The topological polar surface area (TPSA) is 9.23 Å². The van der Waals surface area contributed by atoms with E-state index in [0.29, 0.717) is 5.92 Å². The Kier molecular flexibility index (Phi) is 32.1. The Bertz CT molecular complexity index is 365. The van der Waals surface area contributed by atoms with Crippen LogP contribution in [0.3, 0.4) is 0 Å². The summed E-state index contributed by atoms with van der Waals surface area (Å²) < 4.78 is 5.79. The molecule has 134 valence electrons. The van der Waals surface area contributed by atoms with E-state index in [2.05, 4.69) is 33.6 Å². The molecule has 0 aromatic heterocycles. The van der Waals surface area contributed by atoms with Crippen LogP contribution in [0.2, 0.25) is 0 Å². The molecular formula is C22H40O. The molecule has 0 aromatic carbocycles. The molecule has 0 atom stereocenters. The number of ether oxygens (including phenoxy) is 1. The quantitative estimate of drug-likeness (QED) is 0.341. The molecule has 0 aromatic rings. The summed E-state index contributed by atoms with van der Waals surface area (Å²) in [6, 6.07) is 0. The summed E-state index contributed by atoms with van der Waals surface area (Å²) in [5.74, 6) is 1.80. The van der Waals surface area contributed by atoms with E-state index in [4.69, 9.17) is 4.74 Å². The van der Waals surface area contributed by atoms with E-state index in [-0.39, 0.29) is 0 Å². The Labute approximate surface area is 146 Å². The van der Waals surface area contributed by atoms with Crippen molar-refractivity contribution in [3.05, 3.63) is 73.3 Å². The molecule has 0 rings (SSSR count). The number of hydrogen-bond acceptors (Lipinski definition) is 1. The summed E-state index contributed by atoms with van der Waals surface area (Å²) in [7, 11) is 0. The zero-order chi connectivity index (χ0) is 19.3. The molecule has 0 aliphatic carbocycles. The SMILES string of the molecule is C=C/C=C(\C=C/C)O/C(=C/C=C)C(=C)C(C)C.CC.CC.CC. The molecule has 0 unspecified atom stereocenters. The Morgan fingerprint density at radius 2 is 1.30 bits per heavy atom. The van der Waals surface area contributed by atoms with Gasteiger partial charge in [0.1, 0.15) is 11.5 Å². The first-order valence-electron chi connectivity index (χ1n) is 8.72. The first-order chi connectivity index (χ1) is 11.1. The van der Waals surface area contributed by atoms with Gasteiger partial charge in [-0.1, -0.05) is 93.4 Å². The first kappa shape index (κ1) is 29.3. The largest absolute Gasteiger partial charge is 0.457 e. The molecule has 1 nitrogen and oxygen atoms in total. The van der Waals surface area contributed by atoms with Crippen molar-refractivity contribution in [3.8, 4) is 0 Å². The maximum Gasteiger partial charge on any atom is 0.130 e. The van der Waals surface area contributed by atoms with Gasteiger partial charge in [0.2, 0.25) is 0 Å². The third-order valence-electron chi connectivity index (χ3n) is 2.12. The summed E-state index contributed by atoms with van der Waals surface area (Å²) in [5.41, 5.74) is 0.948. The van der Waals surface area contributed by atoms with Crippen LogP contribution in [0.5, 0.6) is 0 Å². The molecule has 0 saturated heterocycles. The molecule has 1 heteroatoms. The van der Waals surface area contributed by atoms with Crippen molar-refractivity contribution in [2.45, 2.75) is 62.3 Å². The van der Waals surface area contributed by atoms with Crippen molar-refractivity contribution in [2.75, 3.05) is 0 Å². The van der Waals surface area contributed by atoms with Gasteiger partial charge in [-0.2, -0.15) is 0 Å². The second-order valence-electron chi connectivity index (χ2n) is 3.85. The molecule has 0 aliphatic heterocycles. The predicted molar refractivity (Wildman–Crippen MR) is 110 cm³/mol. The average molecular weight is 321 g/mol. The van der Waals surface area contributed by atoms with Crippen LogP contribution in [0.4, 0.5) is 0 Å². The van der Waals surface area contributed by atoms with Gasteiger partial charge in [0.05, 0.1) is 0 Å². The van der Waals surface area contributed by atoms with Crippen molar-refractivity contribution in [3.63, 3.8) is 0 Å². The van der Waals surface area contributed by atoms with Gasteiger partial charge in [0, 0.05) is 0 Å². The highest BCUT2D eigenvalue weighted by Gasteiger charge is 2.08. The van der Waals surface area contributed by atoms with Crippen LogP contribution in [0.25, 0.3) is 0 Å². The lowest BCUT2D eigenvalue weighted by molar-refractivity contribution is 0.323. The number of hydrogen-bond donors (Lipinski definition) is 0. The van der Waals surface area contributed by atoms with Crippen LogP contribution in [-0.4, -0.2) is 0 Å². The molecule has 0 spiro atoms. The third-order valence-corrected chi connectivity index (χ3v) is 2.12. The second-order valence-corrected chi connectivity index (χ2v) is 3.85. The molecule has 0 amide bonds. The van der Waals surface area contributed by atoms with Crippen LogP contribution < -0.4 is 0 Å². The molecule has 0 saturated carbocycles. The minimum absolute atomic E-state index is 0.330. The highest BCUT2D eigenvalue weighted by Crippen LogP contribution is 2.21. The monoisotopic (exact) mass is 320 g/mol. The smallest absolute Gasteiger partial charge is 0.130 e. The maximum atomic E-state index is 5.79. The van der Waals surface area contributed by atoms with Gasteiger partial charge in [-0.3, -0.25) is 0 Å². The van der Waals surface area contributed by atoms with Gasteiger partial charge in [0.25, 0.3) is 0 Å². The summed E-state index contributed by atoms with van der Waals surface area (Å²) >= 11 is 0. The molecule has 0 radical (unpaired) electrons. The lowest BCUT2D eigenvalue weighted by Gasteiger charge is -2.15. The van der Waals surface area contributed by atoms with E-state index in [0.717, 1.165) is 17.1 Å². The highest BCUT2D eigenvalue weighted by molar-refractivity contribution is 5.31. The van der Waals surface area contributed by atoms with E-state index in [9.17, 15) is 0 Å². The fourth-order valence-electron chi connectivity index (χ4n) is 1.13. The van der Waals surface area contributed by atoms with Crippen LogP contribution in [0, 0.1) is 5.92 Å². The molecule has 0 heterocycles. The maximum absolute atomic E-state index is 5.79. The molecule has 0 aliphatic rings. The molecule has 0 N–H and O–H groups in total. The summed E-state index contributed by atoms with van der Waals surface area (Å²) in [5, 5.41) is 0. The minimum Gasteiger partial charge on any atom is -0.457 e. The standard InChI is InChI=1S/C16H22O.3C2H6/c1-7-10-15(11-8-2)17-16(12-9-3)14(6)13(4)5;3*1-2/h7-13H,1,3,6H2,2,4-5H3;3*1-2H3/b11-8-,15-10+,16-12+;;;. The van der Waals surface area contributed by atoms with E-state index in [1.165, 1.54) is 0 Å². The van der Waals surface area contributed by atoms with Gasteiger partial charge in [-0.05, 0) is 36.6 Å². The average Bonchev–Trinajstić information content (AvgIpc) is 2.59. The minimum atomic E-state index is 0.330. The fourth-order valence-corrected chi connectivity index (χ4v) is 1.13.